The van der Waals surface area contributed by atoms with Crippen LogP contribution in [-0.4, -0.2) is 35.2 Å². The second kappa shape index (κ2) is 5.66. The first-order chi connectivity index (χ1) is 10.9. The summed E-state index contributed by atoms with van der Waals surface area (Å²) in [7, 11) is 1.75. The van der Waals surface area contributed by atoms with E-state index in [0.29, 0.717) is 17.6 Å². The number of nitrogens with one attached hydrogen (secondary N) is 2. The number of hydrogen-bond acceptors (Lipinski definition) is 6. The number of hydrogen-bond donors (Lipinski definition) is 2. The Morgan fingerprint density at radius 3 is 2.78 bits per heavy atom. The molecule has 0 aliphatic heterocycles. The Kier molecular flexibility index (Phi) is 3.68. The number of aromatic amines is 1. The van der Waals surface area contributed by atoms with Crippen molar-refractivity contribution >= 4 is 5.82 Å². The summed E-state index contributed by atoms with van der Waals surface area (Å²) in [4.78, 5) is 7.01. The molecule has 0 atom stereocenters. The fourth-order valence-corrected chi connectivity index (χ4v) is 1.95. The van der Waals surface area contributed by atoms with E-state index in [4.69, 9.17) is 0 Å². The van der Waals surface area contributed by atoms with E-state index < -0.39 is 11.9 Å². The average Bonchev–Trinajstić information content (AvgIpc) is 3.12. The second-order valence-electron chi connectivity index (χ2n) is 4.60. The van der Waals surface area contributed by atoms with Crippen LogP contribution in [0.2, 0.25) is 0 Å². The van der Waals surface area contributed by atoms with Crippen molar-refractivity contribution in [3.63, 3.8) is 0 Å². The van der Waals surface area contributed by atoms with E-state index in [1.165, 1.54) is 6.20 Å². The molecule has 0 aliphatic rings. The standard InChI is InChI=1S/C12H11F3N8/c1-23-8(2-3-18-23)11-7(20-22-21-11)4-17-10-6-16-5-9(19-10)12(13,14)15/h2-3,5-6H,4H2,1H3,(H,17,19)(H,20,21,22). The highest BCUT2D eigenvalue weighted by atomic mass is 19.4. The van der Waals surface area contributed by atoms with Crippen molar-refractivity contribution in [2.24, 2.45) is 7.05 Å². The maximum Gasteiger partial charge on any atom is 0.434 e. The molecular weight excluding hydrogens is 313 g/mol. The quantitative estimate of drug-likeness (QED) is 0.757. The van der Waals surface area contributed by atoms with Crippen LogP contribution in [0.15, 0.2) is 24.7 Å². The first-order valence-electron chi connectivity index (χ1n) is 6.46. The molecule has 0 aliphatic carbocycles. The predicted molar refractivity (Wildman–Crippen MR) is 72.9 cm³/mol. The molecule has 3 aromatic heterocycles. The van der Waals surface area contributed by atoms with E-state index >= 15 is 0 Å². The molecule has 0 amide bonds. The molecule has 0 unspecified atom stereocenters. The van der Waals surface area contributed by atoms with E-state index in [2.05, 4.69) is 35.8 Å². The van der Waals surface area contributed by atoms with Gasteiger partial charge in [0.1, 0.15) is 17.2 Å². The largest absolute Gasteiger partial charge is 0.434 e. The molecule has 0 fully saturated rings. The fraction of sp³-hybridized carbons (Fsp3) is 0.250. The Labute approximate surface area is 127 Å². The van der Waals surface area contributed by atoms with E-state index in [1.54, 1.807) is 24.0 Å². The molecule has 0 bridgehead atoms. The summed E-state index contributed by atoms with van der Waals surface area (Å²) in [5, 5.41) is 17.3. The molecule has 11 heteroatoms. The fourth-order valence-electron chi connectivity index (χ4n) is 1.95. The number of halogens is 3. The number of aromatic nitrogens is 7. The zero-order valence-electron chi connectivity index (χ0n) is 11.8. The Hall–Kier alpha value is -2.98. The maximum atomic E-state index is 12.6. The number of nitrogens with zero attached hydrogens (tertiary/aromatic N) is 6. The molecule has 0 radical (unpaired) electrons. The van der Waals surface area contributed by atoms with Gasteiger partial charge in [-0.15, -0.1) is 0 Å². The normalized spacial score (nSPS) is 11.7. The Morgan fingerprint density at radius 1 is 1.26 bits per heavy atom. The van der Waals surface area contributed by atoms with Crippen LogP contribution in [0.1, 0.15) is 11.4 Å². The van der Waals surface area contributed by atoms with Crippen molar-refractivity contribution < 1.29 is 13.2 Å². The van der Waals surface area contributed by atoms with Gasteiger partial charge in [0, 0.05) is 13.2 Å². The monoisotopic (exact) mass is 324 g/mol. The first kappa shape index (κ1) is 14.9. The third-order valence-corrected chi connectivity index (χ3v) is 3.05. The third kappa shape index (κ3) is 3.12. The smallest absolute Gasteiger partial charge is 0.363 e. The van der Waals surface area contributed by atoms with Gasteiger partial charge in [-0.05, 0) is 6.07 Å². The highest BCUT2D eigenvalue weighted by Crippen LogP contribution is 2.27. The number of alkyl halides is 3. The highest BCUT2D eigenvalue weighted by Gasteiger charge is 2.33. The van der Waals surface area contributed by atoms with Gasteiger partial charge >= 0.3 is 6.18 Å². The summed E-state index contributed by atoms with van der Waals surface area (Å²) in [6.07, 6.45) is -1.06. The number of anilines is 1. The minimum absolute atomic E-state index is 0.00113. The lowest BCUT2D eigenvalue weighted by atomic mass is 10.2. The Bertz CT molecular complexity index is 806. The van der Waals surface area contributed by atoms with Gasteiger partial charge in [0.25, 0.3) is 0 Å². The van der Waals surface area contributed by atoms with Crippen LogP contribution in [0.3, 0.4) is 0 Å². The van der Waals surface area contributed by atoms with Crippen LogP contribution >= 0.6 is 0 Å². The minimum Gasteiger partial charge on any atom is -0.363 e. The molecule has 0 saturated heterocycles. The van der Waals surface area contributed by atoms with Crippen molar-refractivity contribution in [3.05, 3.63) is 36.0 Å². The molecule has 0 aromatic carbocycles. The maximum absolute atomic E-state index is 12.6. The zero-order chi connectivity index (χ0) is 16.4. The summed E-state index contributed by atoms with van der Waals surface area (Å²) in [6.45, 7) is 0.132. The molecule has 3 rings (SSSR count). The minimum atomic E-state index is -4.54. The van der Waals surface area contributed by atoms with Gasteiger partial charge in [-0.3, -0.25) is 9.67 Å². The average molecular weight is 324 g/mol. The van der Waals surface area contributed by atoms with Crippen LogP contribution in [0.25, 0.3) is 11.4 Å². The van der Waals surface area contributed by atoms with Gasteiger partial charge in [-0.1, -0.05) is 0 Å². The van der Waals surface area contributed by atoms with Crippen molar-refractivity contribution in [2.75, 3.05) is 5.32 Å². The summed E-state index contributed by atoms with van der Waals surface area (Å²) in [5.74, 6) is -0.00113. The first-order valence-corrected chi connectivity index (χ1v) is 6.46. The van der Waals surface area contributed by atoms with E-state index in [9.17, 15) is 13.2 Å². The molecule has 120 valence electrons. The number of aryl methyl sites for hydroxylation is 1. The lowest BCUT2D eigenvalue weighted by Gasteiger charge is -2.08. The van der Waals surface area contributed by atoms with Crippen molar-refractivity contribution in [3.8, 4) is 11.4 Å². The molecule has 2 N–H and O–H groups in total. The Balaban J connectivity index is 1.78. The summed E-state index contributed by atoms with van der Waals surface area (Å²) < 4.78 is 39.4. The molecule has 0 saturated carbocycles. The van der Waals surface area contributed by atoms with E-state index in [1.807, 2.05) is 0 Å². The van der Waals surface area contributed by atoms with Gasteiger partial charge in [0.2, 0.25) is 0 Å². The van der Waals surface area contributed by atoms with Gasteiger partial charge in [-0.25, -0.2) is 4.98 Å². The van der Waals surface area contributed by atoms with E-state index in [0.717, 1.165) is 5.69 Å². The van der Waals surface area contributed by atoms with Crippen LogP contribution < -0.4 is 5.32 Å². The number of rotatable bonds is 4. The molecule has 23 heavy (non-hydrogen) atoms. The van der Waals surface area contributed by atoms with Crippen LogP contribution in [0.4, 0.5) is 19.0 Å². The summed E-state index contributed by atoms with van der Waals surface area (Å²) in [6, 6.07) is 1.76. The van der Waals surface area contributed by atoms with Crippen molar-refractivity contribution in [1.29, 1.82) is 0 Å². The lowest BCUT2D eigenvalue weighted by molar-refractivity contribution is -0.141. The summed E-state index contributed by atoms with van der Waals surface area (Å²) in [5.41, 5.74) is 0.741. The summed E-state index contributed by atoms with van der Waals surface area (Å²) >= 11 is 0. The number of H-pyrrole nitrogens is 1. The SMILES string of the molecule is Cn1nccc1-c1n[nH]nc1CNc1cncc(C(F)(F)F)n1. The Morgan fingerprint density at radius 2 is 2.09 bits per heavy atom. The zero-order valence-corrected chi connectivity index (χ0v) is 11.8. The molecule has 0 spiro atoms. The van der Waals surface area contributed by atoms with Gasteiger partial charge in [0.15, 0.2) is 5.69 Å². The van der Waals surface area contributed by atoms with Gasteiger partial charge in [-0.2, -0.15) is 33.7 Å². The molecular formula is C12H11F3N8. The van der Waals surface area contributed by atoms with Crippen molar-refractivity contribution in [1.82, 2.24) is 35.2 Å². The third-order valence-electron chi connectivity index (χ3n) is 3.05. The van der Waals surface area contributed by atoms with Crippen LogP contribution in [-0.2, 0) is 19.8 Å². The topological polar surface area (TPSA) is 97.2 Å². The van der Waals surface area contributed by atoms with Gasteiger partial charge in [0.05, 0.1) is 24.6 Å². The van der Waals surface area contributed by atoms with Crippen molar-refractivity contribution in [2.45, 2.75) is 12.7 Å². The van der Waals surface area contributed by atoms with E-state index in [-0.39, 0.29) is 12.4 Å². The second-order valence-corrected chi connectivity index (χ2v) is 4.60. The molecule has 3 aromatic rings. The molecule has 3 heterocycles. The van der Waals surface area contributed by atoms with Crippen LogP contribution in [0, 0.1) is 0 Å². The van der Waals surface area contributed by atoms with Gasteiger partial charge < -0.3 is 5.32 Å². The highest BCUT2D eigenvalue weighted by molar-refractivity contribution is 5.57. The van der Waals surface area contributed by atoms with Crippen LogP contribution in [0.5, 0.6) is 0 Å². The molecule has 8 nitrogen and oxygen atoms in total. The predicted octanol–water partition coefficient (Wildman–Crippen LogP) is 1.63. The lowest BCUT2D eigenvalue weighted by Crippen LogP contribution is -2.11.